The first-order valence-electron chi connectivity index (χ1n) is 6.64. The summed E-state index contributed by atoms with van der Waals surface area (Å²) in [5.41, 5.74) is 1.34. The third-order valence-electron chi connectivity index (χ3n) is 3.96. The molecule has 0 aliphatic carbocycles. The molecule has 0 saturated heterocycles. The summed E-state index contributed by atoms with van der Waals surface area (Å²) in [5.74, 6) is 0. The summed E-state index contributed by atoms with van der Waals surface area (Å²) in [7, 11) is 0. The number of benzene rings is 4. The number of hydrogen-bond donors (Lipinski definition) is 0. The molecule has 4 aromatic carbocycles. The molecular formula is C19H14. The van der Waals surface area contributed by atoms with Gasteiger partial charge in [-0.15, -0.1) is 0 Å². The van der Waals surface area contributed by atoms with Crippen LogP contribution in [0.4, 0.5) is 0 Å². The van der Waals surface area contributed by atoms with Crippen LogP contribution in [-0.2, 0) is 0 Å². The third-order valence-corrected chi connectivity index (χ3v) is 3.96. The molecule has 0 nitrogen and oxygen atoms in total. The maximum Gasteiger partial charge on any atom is -0.00990 e. The van der Waals surface area contributed by atoms with Gasteiger partial charge < -0.3 is 0 Å². The van der Waals surface area contributed by atoms with Crippen molar-refractivity contribution in [3.8, 4) is 0 Å². The molecule has 0 radical (unpaired) electrons. The van der Waals surface area contributed by atoms with Gasteiger partial charge in [-0.1, -0.05) is 54.6 Å². The predicted molar refractivity (Wildman–Crippen MR) is 83.7 cm³/mol. The summed E-state index contributed by atoms with van der Waals surface area (Å²) in [6.07, 6.45) is 0. The summed E-state index contributed by atoms with van der Waals surface area (Å²) in [4.78, 5) is 0. The number of rotatable bonds is 0. The van der Waals surface area contributed by atoms with Crippen molar-refractivity contribution in [3.05, 3.63) is 72.3 Å². The van der Waals surface area contributed by atoms with E-state index in [1.54, 1.807) is 0 Å². The SMILES string of the molecule is Cc1cccc2cc3c(ccc4ccccc43)cc12. The Kier molecular flexibility index (Phi) is 2.13. The monoisotopic (exact) mass is 242 g/mol. The van der Waals surface area contributed by atoms with E-state index in [9.17, 15) is 0 Å². The van der Waals surface area contributed by atoms with Crippen LogP contribution < -0.4 is 0 Å². The van der Waals surface area contributed by atoms with Crippen molar-refractivity contribution in [3.63, 3.8) is 0 Å². The number of hydrogen-bond acceptors (Lipinski definition) is 0. The zero-order valence-electron chi connectivity index (χ0n) is 10.9. The molecule has 0 bridgehead atoms. The Bertz CT molecular complexity index is 917. The van der Waals surface area contributed by atoms with E-state index in [2.05, 4.69) is 73.7 Å². The minimum Gasteiger partial charge on any atom is -0.0616 e. The maximum absolute atomic E-state index is 2.32. The van der Waals surface area contributed by atoms with Crippen molar-refractivity contribution in [2.75, 3.05) is 0 Å². The second kappa shape index (κ2) is 3.83. The molecule has 0 fully saturated rings. The van der Waals surface area contributed by atoms with Crippen LogP contribution in [0.15, 0.2) is 66.7 Å². The van der Waals surface area contributed by atoms with Crippen molar-refractivity contribution in [1.29, 1.82) is 0 Å². The van der Waals surface area contributed by atoms with Gasteiger partial charge in [0, 0.05) is 0 Å². The van der Waals surface area contributed by atoms with Crippen LogP contribution in [0.2, 0.25) is 0 Å². The first kappa shape index (κ1) is 10.6. The van der Waals surface area contributed by atoms with E-state index < -0.39 is 0 Å². The fourth-order valence-corrected chi connectivity index (χ4v) is 2.94. The largest absolute Gasteiger partial charge is 0.0616 e. The van der Waals surface area contributed by atoms with Crippen LogP contribution in [0.1, 0.15) is 5.56 Å². The average molecular weight is 242 g/mol. The lowest BCUT2D eigenvalue weighted by molar-refractivity contribution is 1.54. The molecule has 0 N–H and O–H groups in total. The lowest BCUT2D eigenvalue weighted by atomic mass is 9.97. The van der Waals surface area contributed by atoms with E-state index >= 15 is 0 Å². The standard InChI is InChI=1S/C19H14/c1-13-5-4-7-15-12-19-16(11-18(13)15)10-9-14-6-2-3-8-17(14)19/h2-12H,1H3. The first-order valence-corrected chi connectivity index (χ1v) is 6.64. The van der Waals surface area contributed by atoms with Gasteiger partial charge in [0.1, 0.15) is 0 Å². The quantitative estimate of drug-likeness (QED) is 0.284. The minimum atomic E-state index is 1.31. The van der Waals surface area contributed by atoms with Gasteiger partial charge in [-0.05, 0) is 56.9 Å². The van der Waals surface area contributed by atoms with E-state index in [1.165, 1.54) is 37.9 Å². The van der Waals surface area contributed by atoms with Gasteiger partial charge in [-0.25, -0.2) is 0 Å². The van der Waals surface area contributed by atoms with E-state index in [0.29, 0.717) is 0 Å². The van der Waals surface area contributed by atoms with Crippen molar-refractivity contribution >= 4 is 32.3 Å². The fraction of sp³-hybridized carbons (Fsp3) is 0.0526. The third kappa shape index (κ3) is 1.53. The van der Waals surface area contributed by atoms with E-state index in [1.807, 2.05) is 0 Å². The lowest BCUT2D eigenvalue weighted by Crippen LogP contribution is -1.81. The Morgan fingerprint density at radius 1 is 0.526 bits per heavy atom. The number of fused-ring (bicyclic) bond motifs is 4. The average Bonchev–Trinajstić information content (AvgIpc) is 2.46. The minimum absolute atomic E-state index is 1.31. The summed E-state index contributed by atoms with van der Waals surface area (Å²) in [6, 6.07) is 24.2. The summed E-state index contributed by atoms with van der Waals surface area (Å²) < 4.78 is 0. The summed E-state index contributed by atoms with van der Waals surface area (Å²) >= 11 is 0. The van der Waals surface area contributed by atoms with Crippen LogP contribution in [0.3, 0.4) is 0 Å². The van der Waals surface area contributed by atoms with Crippen molar-refractivity contribution < 1.29 is 0 Å². The topological polar surface area (TPSA) is 0 Å². The van der Waals surface area contributed by atoms with E-state index in [4.69, 9.17) is 0 Å². The molecule has 0 heterocycles. The highest BCUT2D eigenvalue weighted by atomic mass is 14.1. The van der Waals surface area contributed by atoms with Gasteiger partial charge in [0.25, 0.3) is 0 Å². The highest BCUT2D eigenvalue weighted by Gasteiger charge is 2.03. The van der Waals surface area contributed by atoms with Gasteiger partial charge in [0.2, 0.25) is 0 Å². The molecule has 0 atom stereocenters. The summed E-state index contributed by atoms with van der Waals surface area (Å²) in [6.45, 7) is 2.18. The lowest BCUT2D eigenvalue weighted by Gasteiger charge is -2.08. The van der Waals surface area contributed by atoms with Gasteiger partial charge >= 0.3 is 0 Å². The maximum atomic E-state index is 2.32. The van der Waals surface area contributed by atoms with Gasteiger partial charge in [-0.2, -0.15) is 0 Å². The van der Waals surface area contributed by atoms with Crippen LogP contribution in [0, 0.1) is 6.92 Å². The van der Waals surface area contributed by atoms with E-state index in [0.717, 1.165) is 0 Å². The highest BCUT2D eigenvalue weighted by molar-refractivity contribution is 6.12. The first-order chi connectivity index (χ1) is 9.33. The molecule has 0 saturated carbocycles. The molecule has 0 unspecified atom stereocenters. The Hall–Kier alpha value is -2.34. The van der Waals surface area contributed by atoms with Gasteiger partial charge in [0.05, 0.1) is 0 Å². The predicted octanol–water partition coefficient (Wildman–Crippen LogP) is 5.45. The normalized spacial score (nSPS) is 11.4. The number of aryl methyl sites for hydroxylation is 1. The van der Waals surface area contributed by atoms with Crippen molar-refractivity contribution in [2.45, 2.75) is 6.92 Å². The van der Waals surface area contributed by atoms with Crippen molar-refractivity contribution in [2.24, 2.45) is 0 Å². The Balaban J connectivity index is 2.26. The fourth-order valence-electron chi connectivity index (χ4n) is 2.94. The molecule has 0 spiro atoms. The van der Waals surface area contributed by atoms with Crippen LogP contribution in [-0.4, -0.2) is 0 Å². The van der Waals surface area contributed by atoms with Crippen LogP contribution in [0.25, 0.3) is 32.3 Å². The molecule has 0 amide bonds. The van der Waals surface area contributed by atoms with Crippen molar-refractivity contribution in [1.82, 2.24) is 0 Å². The van der Waals surface area contributed by atoms with E-state index in [-0.39, 0.29) is 0 Å². The zero-order chi connectivity index (χ0) is 12.8. The molecule has 0 aliphatic heterocycles. The van der Waals surface area contributed by atoms with Gasteiger partial charge in [0.15, 0.2) is 0 Å². The molecule has 90 valence electrons. The Labute approximate surface area is 112 Å². The second-order valence-electron chi connectivity index (χ2n) is 5.16. The Morgan fingerprint density at radius 3 is 2.16 bits per heavy atom. The smallest absolute Gasteiger partial charge is 0.00990 e. The zero-order valence-corrected chi connectivity index (χ0v) is 10.9. The molecule has 19 heavy (non-hydrogen) atoms. The molecule has 0 heteroatoms. The molecule has 0 aliphatic rings. The Morgan fingerprint density at radius 2 is 1.21 bits per heavy atom. The highest BCUT2D eigenvalue weighted by Crippen LogP contribution is 2.30. The molecular weight excluding hydrogens is 228 g/mol. The second-order valence-corrected chi connectivity index (χ2v) is 5.16. The molecule has 4 rings (SSSR count). The van der Waals surface area contributed by atoms with Crippen LogP contribution in [0.5, 0.6) is 0 Å². The van der Waals surface area contributed by atoms with Gasteiger partial charge in [-0.3, -0.25) is 0 Å². The molecule has 4 aromatic rings. The summed E-state index contributed by atoms with van der Waals surface area (Å²) in [5, 5.41) is 7.98. The molecule has 0 aromatic heterocycles. The van der Waals surface area contributed by atoms with Crippen LogP contribution >= 0.6 is 0 Å².